The zero-order chi connectivity index (χ0) is 17.5. The predicted molar refractivity (Wildman–Crippen MR) is 103 cm³/mol. The lowest BCUT2D eigenvalue weighted by molar-refractivity contribution is -0.118. The summed E-state index contributed by atoms with van der Waals surface area (Å²) in [7, 11) is 0. The van der Waals surface area contributed by atoms with E-state index >= 15 is 0 Å². The Kier molecular flexibility index (Phi) is 7.40. The molecule has 6 heteroatoms. The maximum absolute atomic E-state index is 12.1. The molecule has 3 nitrogen and oxygen atoms in total. The van der Waals surface area contributed by atoms with Gasteiger partial charge in [0, 0.05) is 15.6 Å². The Bertz CT molecular complexity index is 722. The van der Waals surface area contributed by atoms with Crippen LogP contribution in [0.2, 0.25) is 10.0 Å². The number of unbranched alkanes of at least 4 members (excludes halogenated alkanes) is 1. The number of rotatable bonds is 7. The van der Waals surface area contributed by atoms with Gasteiger partial charge in [-0.25, -0.2) is 0 Å². The Labute approximate surface area is 160 Å². The summed E-state index contributed by atoms with van der Waals surface area (Å²) in [5.74, 6) is 0.112. The smallest absolute Gasteiger partial charge is 0.262 e. The van der Waals surface area contributed by atoms with Crippen LogP contribution in [-0.4, -0.2) is 12.5 Å². The molecule has 24 heavy (non-hydrogen) atoms. The van der Waals surface area contributed by atoms with Crippen LogP contribution in [0.15, 0.2) is 40.9 Å². The first-order chi connectivity index (χ1) is 11.5. The third-order valence-electron chi connectivity index (χ3n) is 3.38. The first-order valence-corrected chi connectivity index (χ1v) is 9.20. The normalized spacial score (nSPS) is 10.5. The van der Waals surface area contributed by atoms with Crippen molar-refractivity contribution in [2.24, 2.45) is 0 Å². The summed E-state index contributed by atoms with van der Waals surface area (Å²) in [5, 5.41) is 3.72. The van der Waals surface area contributed by atoms with E-state index in [1.54, 1.807) is 18.2 Å². The Balaban J connectivity index is 1.93. The quantitative estimate of drug-likeness (QED) is 0.574. The van der Waals surface area contributed by atoms with Gasteiger partial charge in [-0.3, -0.25) is 4.79 Å². The Morgan fingerprint density at radius 3 is 2.71 bits per heavy atom. The number of aryl methyl sites for hydroxylation is 1. The van der Waals surface area contributed by atoms with Gasteiger partial charge in [-0.2, -0.15) is 0 Å². The average Bonchev–Trinajstić information content (AvgIpc) is 2.56. The molecule has 0 aliphatic heterocycles. The molecule has 0 unspecified atom stereocenters. The fraction of sp³-hybridized carbons (Fsp3) is 0.278. The highest BCUT2D eigenvalue weighted by atomic mass is 79.9. The van der Waals surface area contributed by atoms with Crippen molar-refractivity contribution in [2.45, 2.75) is 26.2 Å². The fourth-order valence-corrected chi connectivity index (χ4v) is 2.97. The van der Waals surface area contributed by atoms with Gasteiger partial charge in [0.25, 0.3) is 5.91 Å². The topological polar surface area (TPSA) is 38.3 Å². The van der Waals surface area contributed by atoms with Gasteiger partial charge in [-0.05, 0) is 58.6 Å². The van der Waals surface area contributed by atoms with Gasteiger partial charge in [0.2, 0.25) is 0 Å². The van der Waals surface area contributed by atoms with Crippen LogP contribution in [0.25, 0.3) is 0 Å². The molecule has 2 aromatic rings. The summed E-state index contributed by atoms with van der Waals surface area (Å²) in [6, 6.07) is 10.8. The molecule has 0 aromatic heterocycles. The molecule has 0 saturated heterocycles. The van der Waals surface area contributed by atoms with Gasteiger partial charge in [0.1, 0.15) is 5.75 Å². The van der Waals surface area contributed by atoms with Crippen LogP contribution in [0.5, 0.6) is 5.75 Å². The third kappa shape index (κ3) is 5.69. The van der Waals surface area contributed by atoms with Crippen molar-refractivity contribution in [3.8, 4) is 5.75 Å². The molecule has 0 spiro atoms. The van der Waals surface area contributed by atoms with Gasteiger partial charge in [0.15, 0.2) is 6.61 Å². The van der Waals surface area contributed by atoms with Gasteiger partial charge in [0.05, 0.1) is 10.7 Å². The zero-order valence-electron chi connectivity index (χ0n) is 13.2. The maximum Gasteiger partial charge on any atom is 0.262 e. The van der Waals surface area contributed by atoms with Gasteiger partial charge >= 0.3 is 0 Å². The summed E-state index contributed by atoms with van der Waals surface area (Å²) in [6.45, 7) is 2.01. The number of benzene rings is 2. The third-order valence-corrected chi connectivity index (χ3v) is 4.58. The Morgan fingerprint density at radius 2 is 2.00 bits per heavy atom. The van der Waals surface area contributed by atoms with E-state index < -0.39 is 0 Å². The molecule has 0 heterocycles. The van der Waals surface area contributed by atoms with Crippen molar-refractivity contribution in [1.82, 2.24) is 0 Å². The first-order valence-electron chi connectivity index (χ1n) is 7.65. The van der Waals surface area contributed by atoms with Crippen LogP contribution in [-0.2, 0) is 11.2 Å². The molecule has 0 aliphatic rings. The fourth-order valence-electron chi connectivity index (χ4n) is 2.11. The molecule has 2 rings (SSSR count). The Morgan fingerprint density at radius 1 is 1.21 bits per heavy atom. The lowest BCUT2D eigenvalue weighted by atomic mass is 10.1. The van der Waals surface area contributed by atoms with Crippen molar-refractivity contribution in [3.05, 3.63) is 56.5 Å². The van der Waals surface area contributed by atoms with Crippen LogP contribution in [0.3, 0.4) is 0 Å². The monoisotopic (exact) mass is 429 g/mol. The molecule has 0 fully saturated rings. The van der Waals surface area contributed by atoms with E-state index in [0.717, 1.165) is 23.7 Å². The molecule has 128 valence electrons. The number of amides is 1. The molecule has 0 bridgehead atoms. The van der Waals surface area contributed by atoms with E-state index in [2.05, 4.69) is 28.2 Å². The Hall–Kier alpha value is -1.23. The van der Waals surface area contributed by atoms with Crippen LogP contribution in [0.4, 0.5) is 5.69 Å². The number of ether oxygens (including phenoxy) is 1. The minimum absolute atomic E-state index is 0.149. The van der Waals surface area contributed by atoms with Gasteiger partial charge in [-0.15, -0.1) is 0 Å². The summed E-state index contributed by atoms with van der Waals surface area (Å²) in [6.07, 6.45) is 3.32. The van der Waals surface area contributed by atoms with E-state index in [9.17, 15) is 4.79 Å². The first kappa shape index (κ1) is 19.1. The van der Waals surface area contributed by atoms with Crippen molar-refractivity contribution in [2.75, 3.05) is 11.9 Å². The number of carbonyl (C=O) groups excluding carboxylic acids is 1. The lowest BCUT2D eigenvalue weighted by Crippen LogP contribution is -2.20. The van der Waals surface area contributed by atoms with Crippen LogP contribution < -0.4 is 10.1 Å². The van der Waals surface area contributed by atoms with E-state index in [4.69, 9.17) is 27.9 Å². The summed E-state index contributed by atoms with van der Waals surface area (Å²) in [5.41, 5.74) is 1.95. The molecule has 0 aliphatic carbocycles. The SMILES string of the molecule is CCCCc1ccc(NC(=O)COc2cc(Cl)ccc2Cl)c(Br)c1. The van der Waals surface area contributed by atoms with Crippen LogP contribution in [0.1, 0.15) is 25.3 Å². The molecular weight excluding hydrogens is 413 g/mol. The predicted octanol–water partition coefficient (Wildman–Crippen LogP) is 6.12. The van der Waals surface area contributed by atoms with E-state index in [1.165, 1.54) is 5.56 Å². The molecule has 0 radical (unpaired) electrons. The second kappa shape index (κ2) is 9.30. The largest absolute Gasteiger partial charge is 0.482 e. The second-order valence-electron chi connectivity index (χ2n) is 5.33. The molecular formula is C18H18BrCl2NO2. The number of hydrogen-bond acceptors (Lipinski definition) is 2. The number of carbonyl (C=O) groups is 1. The molecule has 1 amide bonds. The van der Waals surface area contributed by atoms with Gasteiger partial charge in [-0.1, -0.05) is 42.6 Å². The highest BCUT2D eigenvalue weighted by Crippen LogP contribution is 2.28. The number of nitrogens with one attached hydrogen (secondary N) is 1. The lowest BCUT2D eigenvalue weighted by Gasteiger charge is -2.11. The number of hydrogen-bond donors (Lipinski definition) is 1. The highest BCUT2D eigenvalue weighted by molar-refractivity contribution is 9.10. The van der Waals surface area contributed by atoms with Crippen molar-refractivity contribution in [1.29, 1.82) is 0 Å². The summed E-state index contributed by atoms with van der Waals surface area (Å²) < 4.78 is 6.28. The average molecular weight is 431 g/mol. The van der Waals surface area contributed by atoms with E-state index in [0.29, 0.717) is 21.5 Å². The molecule has 0 saturated carbocycles. The van der Waals surface area contributed by atoms with Crippen molar-refractivity contribution in [3.63, 3.8) is 0 Å². The molecule has 1 N–H and O–H groups in total. The van der Waals surface area contributed by atoms with Crippen LogP contribution >= 0.6 is 39.1 Å². The zero-order valence-corrected chi connectivity index (χ0v) is 16.3. The van der Waals surface area contributed by atoms with Crippen LogP contribution in [0, 0.1) is 0 Å². The number of halogens is 3. The number of anilines is 1. The van der Waals surface area contributed by atoms with E-state index in [1.807, 2.05) is 18.2 Å². The highest BCUT2D eigenvalue weighted by Gasteiger charge is 2.09. The van der Waals surface area contributed by atoms with Crippen molar-refractivity contribution < 1.29 is 9.53 Å². The standard InChI is InChI=1S/C18H18BrCl2NO2/c1-2-3-4-12-5-8-16(14(19)9-12)22-18(23)11-24-17-10-13(20)6-7-15(17)21/h5-10H,2-4,11H2,1H3,(H,22,23). The minimum Gasteiger partial charge on any atom is -0.482 e. The summed E-state index contributed by atoms with van der Waals surface area (Å²) in [4.78, 5) is 12.1. The van der Waals surface area contributed by atoms with Gasteiger partial charge < -0.3 is 10.1 Å². The van der Waals surface area contributed by atoms with E-state index in [-0.39, 0.29) is 12.5 Å². The van der Waals surface area contributed by atoms with Crippen molar-refractivity contribution >= 4 is 50.7 Å². The molecule has 2 aromatic carbocycles. The maximum atomic E-state index is 12.1. The molecule has 0 atom stereocenters. The second-order valence-corrected chi connectivity index (χ2v) is 7.03. The summed E-state index contributed by atoms with van der Waals surface area (Å²) >= 11 is 15.4. The minimum atomic E-state index is -0.270.